The summed E-state index contributed by atoms with van der Waals surface area (Å²) in [4.78, 5) is 0. The third-order valence-corrected chi connectivity index (χ3v) is 6.43. The fraction of sp³-hybridized carbons (Fsp3) is 0.125. The molecule has 2 rings (SSSR count). The first kappa shape index (κ1) is 22.6. The van der Waals surface area contributed by atoms with Crippen LogP contribution in [0.2, 0.25) is 13.1 Å². The van der Waals surface area contributed by atoms with Crippen molar-refractivity contribution in [2.75, 3.05) is 0 Å². The summed E-state index contributed by atoms with van der Waals surface area (Å²) >= 11 is 0. The Bertz CT molecular complexity index is 390. The van der Waals surface area contributed by atoms with Gasteiger partial charge in [-0.05, 0) is 0 Å². The minimum atomic E-state index is -1.40. The van der Waals surface area contributed by atoms with Gasteiger partial charge in [0.05, 0.1) is 8.07 Å². The molecule has 18 heavy (non-hydrogen) atoms. The molecule has 0 heterocycles. The van der Waals surface area contributed by atoms with Gasteiger partial charge in [0, 0.05) is 0 Å². The van der Waals surface area contributed by atoms with Crippen LogP contribution in [0, 0.1) is 22.3 Å². The van der Waals surface area contributed by atoms with Gasteiger partial charge in [-0.2, -0.15) is 17.3 Å². The normalized spacial score (nSPS) is 9.00. The van der Waals surface area contributed by atoms with Gasteiger partial charge < -0.3 is 22.3 Å². The molecule has 0 aliphatic heterocycles. The van der Waals surface area contributed by atoms with E-state index >= 15 is 0 Å². The summed E-state index contributed by atoms with van der Waals surface area (Å²) < 4.78 is 0. The van der Waals surface area contributed by atoms with Gasteiger partial charge in [-0.15, -0.1) is 0 Å². The maximum atomic E-state index is 2.40. The summed E-state index contributed by atoms with van der Waals surface area (Å²) in [7, 11) is -1.40. The largest absolute Gasteiger partial charge is 4.00 e. The molecule has 0 atom stereocenters. The monoisotopic (exact) mass is 439 g/mol. The fourth-order valence-corrected chi connectivity index (χ4v) is 4.20. The van der Waals surface area contributed by atoms with Crippen LogP contribution in [0.4, 0.5) is 0 Å². The van der Waals surface area contributed by atoms with Crippen LogP contribution < -0.4 is 10.4 Å². The van der Waals surface area contributed by atoms with Crippen molar-refractivity contribution in [1.29, 1.82) is 0 Å². The van der Waals surface area contributed by atoms with Crippen molar-refractivity contribution in [1.82, 2.24) is 0 Å². The molecule has 0 saturated carbocycles. The van der Waals surface area contributed by atoms with Crippen LogP contribution in [-0.4, -0.2) is 8.07 Å². The van der Waals surface area contributed by atoms with Crippen molar-refractivity contribution in [3.63, 3.8) is 0 Å². The summed E-state index contributed by atoms with van der Waals surface area (Å²) in [6.45, 7) is 4.80. The molecule has 102 valence electrons. The summed E-state index contributed by atoms with van der Waals surface area (Å²) in [6, 6.07) is 19.6. The predicted octanol–water partition coefficient (Wildman–Crippen LogP) is 3.58. The van der Waals surface area contributed by atoms with Crippen molar-refractivity contribution in [2.24, 2.45) is 0 Å². The number of benzene rings is 1. The molecule has 0 unspecified atom stereocenters. The van der Waals surface area contributed by atoms with E-state index in [0.717, 1.165) is 0 Å². The zero-order valence-corrected chi connectivity index (χ0v) is 15.3. The molecule has 0 bridgehead atoms. The fourth-order valence-electron chi connectivity index (χ4n) is 1.81. The average molecular weight is 440 g/mol. The Labute approximate surface area is 129 Å². The molecule has 2 aromatic carbocycles. The molecule has 2 aromatic rings. The Morgan fingerprint density at radius 1 is 0.778 bits per heavy atom. The minimum Gasteiger partial charge on any atom is -0.358 e. The molecule has 0 nitrogen and oxygen atoms in total. The van der Waals surface area contributed by atoms with Crippen LogP contribution in [0.3, 0.4) is 0 Å². The third kappa shape index (κ3) is 4.63. The third-order valence-electron chi connectivity index (χ3n) is 2.88. The van der Waals surface area contributed by atoms with Gasteiger partial charge in [-0.1, -0.05) is 48.6 Å². The van der Waals surface area contributed by atoms with Crippen LogP contribution in [0.1, 0.15) is 0 Å². The van der Waals surface area contributed by atoms with E-state index in [1.54, 1.807) is 0 Å². The Morgan fingerprint density at radius 2 is 1.22 bits per heavy atom. The Morgan fingerprint density at radius 3 is 1.67 bits per heavy atom. The number of rotatable bonds is 2. The summed E-state index contributed by atoms with van der Waals surface area (Å²) in [6.07, 6.45) is 0. The summed E-state index contributed by atoms with van der Waals surface area (Å²) in [5.41, 5.74) is 0. The first-order valence-corrected chi connectivity index (χ1v) is 7.99. The maximum Gasteiger partial charge on any atom is 4.00 e. The van der Waals surface area contributed by atoms with Gasteiger partial charge in [0.25, 0.3) is 0 Å². The Balaban J connectivity index is -0.000000562. The molecule has 0 aliphatic carbocycles. The zero-order chi connectivity index (χ0) is 10.0. The summed E-state index contributed by atoms with van der Waals surface area (Å²) in [5.74, 6) is 0. The first-order valence-electron chi connectivity index (χ1n) is 4.99. The standard InChI is InChI=1S/C13H15Si.3CH3.Pt/c1-14(2,13-10-6-7-11-13)12-8-4-3-5-9-12;;;;/h3-11H,1-2H3;3*1H3;/q4*-1;+4. The van der Waals surface area contributed by atoms with Gasteiger partial charge in [-0.3, -0.25) is 0 Å². The van der Waals surface area contributed by atoms with E-state index in [-0.39, 0.29) is 43.3 Å². The minimum absolute atomic E-state index is 0. The van der Waals surface area contributed by atoms with Crippen molar-refractivity contribution in [3.8, 4) is 0 Å². The van der Waals surface area contributed by atoms with Gasteiger partial charge in [-0.25, -0.2) is 12.1 Å². The SMILES string of the molecule is C[Si](C)(c1ccccc1)[c-]1cccc1.[CH3-].[CH3-].[CH3-].[Pt+4]. The van der Waals surface area contributed by atoms with Crippen LogP contribution in [0.15, 0.2) is 54.6 Å². The second kappa shape index (κ2) is 9.41. The van der Waals surface area contributed by atoms with Gasteiger partial charge in [0.1, 0.15) is 0 Å². The van der Waals surface area contributed by atoms with Crippen LogP contribution in [0.5, 0.6) is 0 Å². The van der Waals surface area contributed by atoms with E-state index in [2.05, 4.69) is 67.7 Å². The van der Waals surface area contributed by atoms with Crippen molar-refractivity contribution >= 4 is 18.4 Å². The van der Waals surface area contributed by atoms with Crippen molar-refractivity contribution in [3.05, 3.63) is 76.9 Å². The molecular weight excluding hydrogens is 415 g/mol. The van der Waals surface area contributed by atoms with Gasteiger partial charge >= 0.3 is 21.1 Å². The summed E-state index contributed by atoms with van der Waals surface area (Å²) in [5, 5.41) is 3.02. The quantitative estimate of drug-likeness (QED) is 0.496. The molecule has 0 fully saturated rings. The van der Waals surface area contributed by atoms with E-state index in [1.165, 1.54) is 10.4 Å². The number of hydrogen-bond acceptors (Lipinski definition) is 0. The molecule has 0 amide bonds. The Kier molecular flexibility index (Phi) is 11.8. The molecule has 2 heteroatoms. The van der Waals surface area contributed by atoms with E-state index < -0.39 is 8.07 Å². The molecule has 0 aromatic heterocycles. The molecular formula is C16H24PtSi. The molecule has 0 radical (unpaired) electrons. The zero-order valence-electron chi connectivity index (χ0n) is 12.0. The molecule has 0 saturated heterocycles. The van der Waals surface area contributed by atoms with Crippen LogP contribution in [-0.2, 0) is 21.1 Å². The maximum absolute atomic E-state index is 2.40. The van der Waals surface area contributed by atoms with E-state index in [1.807, 2.05) is 0 Å². The molecule has 0 N–H and O–H groups in total. The van der Waals surface area contributed by atoms with E-state index in [0.29, 0.717) is 0 Å². The second-order valence-electron chi connectivity index (χ2n) is 4.16. The van der Waals surface area contributed by atoms with E-state index in [4.69, 9.17) is 0 Å². The Hall–Kier alpha value is -0.525. The topological polar surface area (TPSA) is 0 Å². The second-order valence-corrected chi connectivity index (χ2v) is 8.57. The predicted molar refractivity (Wildman–Crippen MR) is 84.5 cm³/mol. The molecule has 0 spiro atoms. The first-order chi connectivity index (χ1) is 6.71. The van der Waals surface area contributed by atoms with Crippen LogP contribution in [0.25, 0.3) is 0 Å². The number of hydrogen-bond donors (Lipinski definition) is 0. The van der Waals surface area contributed by atoms with Crippen molar-refractivity contribution in [2.45, 2.75) is 13.1 Å². The smallest absolute Gasteiger partial charge is 0.358 e. The average Bonchev–Trinajstić information content (AvgIpc) is 2.72. The van der Waals surface area contributed by atoms with Gasteiger partial charge in [0.2, 0.25) is 0 Å². The van der Waals surface area contributed by atoms with Gasteiger partial charge in [0.15, 0.2) is 0 Å². The van der Waals surface area contributed by atoms with Crippen LogP contribution >= 0.6 is 0 Å². The van der Waals surface area contributed by atoms with Crippen molar-refractivity contribution < 1.29 is 21.1 Å². The van der Waals surface area contributed by atoms with E-state index in [9.17, 15) is 0 Å². The molecule has 0 aliphatic rings.